The molecule has 0 aliphatic carbocycles. The first-order valence-corrected chi connectivity index (χ1v) is 8.27. The molecule has 1 N–H and O–H groups in total. The lowest BCUT2D eigenvalue weighted by Crippen LogP contribution is -2.34. The molecule has 1 atom stereocenters. The van der Waals surface area contributed by atoms with E-state index >= 15 is 0 Å². The van der Waals surface area contributed by atoms with Crippen LogP contribution >= 0.6 is 0 Å². The molecule has 0 spiro atoms. The summed E-state index contributed by atoms with van der Waals surface area (Å²) in [6.07, 6.45) is 1.83. The molecule has 0 bridgehead atoms. The Labute approximate surface area is 141 Å². The third-order valence-corrected chi connectivity index (χ3v) is 4.33. The number of para-hydroxylation sites is 2. The molecule has 2 heterocycles. The number of carbonyl (C=O) groups excluding carboxylic acids is 1. The summed E-state index contributed by atoms with van der Waals surface area (Å²) in [5, 5.41) is 7.04. The van der Waals surface area contributed by atoms with E-state index in [4.69, 9.17) is 9.26 Å². The van der Waals surface area contributed by atoms with Crippen LogP contribution in [0.3, 0.4) is 0 Å². The molecule has 1 aromatic carbocycles. The second kappa shape index (κ2) is 6.95. The highest BCUT2D eigenvalue weighted by molar-refractivity contribution is 5.91. The van der Waals surface area contributed by atoms with Gasteiger partial charge in [-0.2, -0.15) is 0 Å². The molecule has 0 radical (unpaired) electrons. The van der Waals surface area contributed by atoms with Crippen LogP contribution in [0.15, 0.2) is 34.9 Å². The van der Waals surface area contributed by atoms with E-state index in [1.54, 1.807) is 12.0 Å². The lowest BCUT2D eigenvalue weighted by Gasteiger charge is -2.23. The minimum absolute atomic E-state index is 0.0697. The number of rotatable bonds is 4. The monoisotopic (exact) mass is 329 g/mol. The van der Waals surface area contributed by atoms with Gasteiger partial charge in [-0.15, -0.1) is 0 Å². The van der Waals surface area contributed by atoms with Gasteiger partial charge in [-0.3, -0.25) is 0 Å². The number of amides is 2. The third-order valence-electron chi connectivity index (χ3n) is 4.33. The Hall–Kier alpha value is -2.50. The topological polar surface area (TPSA) is 67.6 Å². The Bertz CT molecular complexity index is 711. The zero-order chi connectivity index (χ0) is 17.1. The zero-order valence-electron chi connectivity index (χ0n) is 14.3. The Morgan fingerprint density at radius 3 is 2.92 bits per heavy atom. The summed E-state index contributed by atoms with van der Waals surface area (Å²) in [4.78, 5) is 14.5. The van der Waals surface area contributed by atoms with E-state index in [2.05, 4.69) is 24.3 Å². The summed E-state index contributed by atoms with van der Waals surface area (Å²) in [6, 6.07) is 9.13. The summed E-state index contributed by atoms with van der Waals surface area (Å²) >= 11 is 0. The summed E-state index contributed by atoms with van der Waals surface area (Å²) in [7, 11) is 1.59. The fraction of sp³-hybridized carbons (Fsp3) is 0.444. The van der Waals surface area contributed by atoms with Gasteiger partial charge in [-0.1, -0.05) is 31.1 Å². The summed E-state index contributed by atoms with van der Waals surface area (Å²) in [6.45, 7) is 4.84. The van der Waals surface area contributed by atoms with Crippen LogP contribution in [-0.2, 0) is 0 Å². The van der Waals surface area contributed by atoms with Crippen molar-refractivity contribution in [2.45, 2.75) is 38.6 Å². The van der Waals surface area contributed by atoms with Crippen molar-refractivity contribution in [1.29, 1.82) is 0 Å². The minimum Gasteiger partial charge on any atom is -0.495 e. The van der Waals surface area contributed by atoms with Gasteiger partial charge in [0.2, 0.25) is 0 Å². The Balaban J connectivity index is 1.76. The van der Waals surface area contributed by atoms with Crippen molar-refractivity contribution in [2.75, 3.05) is 19.0 Å². The SMILES string of the molecule is COc1ccccc1NC(=O)N1CCC[C@H]1c1cc(C(C)C)no1. The summed E-state index contributed by atoms with van der Waals surface area (Å²) in [5.41, 5.74) is 1.58. The van der Waals surface area contributed by atoms with Crippen LogP contribution in [-0.4, -0.2) is 29.7 Å². The Morgan fingerprint density at radius 2 is 2.21 bits per heavy atom. The number of hydrogen-bond acceptors (Lipinski definition) is 4. The smallest absolute Gasteiger partial charge is 0.322 e. The largest absolute Gasteiger partial charge is 0.495 e. The van der Waals surface area contributed by atoms with Gasteiger partial charge in [0.05, 0.1) is 24.5 Å². The average Bonchev–Trinajstić information content (AvgIpc) is 3.24. The van der Waals surface area contributed by atoms with Gasteiger partial charge in [0.25, 0.3) is 0 Å². The highest BCUT2D eigenvalue weighted by atomic mass is 16.5. The summed E-state index contributed by atoms with van der Waals surface area (Å²) < 4.78 is 10.8. The number of urea groups is 1. The van der Waals surface area contributed by atoms with E-state index in [9.17, 15) is 4.79 Å². The maximum atomic E-state index is 12.7. The predicted molar refractivity (Wildman–Crippen MR) is 91.3 cm³/mol. The molecule has 6 nitrogen and oxygen atoms in total. The number of anilines is 1. The molecule has 1 saturated heterocycles. The highest BCUT2D eigenvalue weighted by Crippen LogP contribution is 2.34. The van der Waals surface area contributed by atoms with E-state index in [-0.39, 0.29) is 12.1 Å². The molecular weight excluding hydrogens is 306 g/mol. The van der Waals surface area contributed by atoms with Crippen molar-refractivity contribution in [1.82, 2.24) is 10.1 Å². The average molecular weight is 329 g/mol. The number of aromatic nitrogens is 1. The second-order valence-electron chi connectivity index (χ2n) is 6.29. The van der Waals surface area contributed by atoms with Crippen LogP contribution in [0.25, 0.3) is 0 Å². The fourth-order valence-electron chi connectivity index (χ4n) is 2.97. The second-order valence-corrected chi connectivity index (χ2v) is 6.29. The molecule has 3 rings (SSSR count). The highest BCUT2D eigenvalue weighted by Gasteiger charge is 2.33. The molecule has 1 aliphatic rings. The van der Waals surface area contributed by atoms with Gasteiger partial charge in [0.1, 0.15) is 5.75 Å². The number of nitrogens with zero attached hydrogens (tertiary/aromatic N) is 2. The van der Waals surface area contributed by atoms with Gasteiger partial charge >= 0.3 is 6.03 Å². The minimum atomic E-state index is -0.149. The molecule has 1 fully saturated rings. The Morgan fingerprint density at radius 1 is 1.42 bits per heavy atom. The molecule has 6 heteroatoms. The first-order valence-electron chi connectivity index (χ1n) is 8.27. The van der Waals surface area contributed by atoms with Crippen LogP contribution in [0.2, 0.25) is 0 Å². The van der Waals surface area contributed by atoms with Crippen molar-refractivity contribution >= 4 is 11.7 Å². The number of hydrogen-bond donors (Lipinski definition) is 1. The maximum Gasteiger partial charge on any atom is 0.322 e. The number of methoxy groups -OCH3 is 1. The van der Waals surface area contributed by atoms with E-state index < -0.39 is 0 Å². The predicted octanol–water partition coefficient (Wildman–Crippen LogP) is 4.18. The van der Waals surface area contributed by atoms with Crippen molar-refractivity contribution < 1.29 is 14.1 Å². The van der Waals surface area contributed by atoms with Crippen molar-refractivity contribution in [2.24, 2.45) is 0 Å². The van der Waals surface area contributed by atoms with Gasteiger partial charge in [-0.25, -0.2) is 4.79 Å². The molecule has 128 valence electrons. The molecule has 1 aliphatic heterocycles. The third kappa shape index (κ3) is 3.22. The van der Waals surface area contributed by atoms with E-state index in [1.165, 1.54) is 0 Å². The fourth-order valence-corrected chi connectivity index (χ4v) is 2.97. The van der Waals surface area contributed by atoms with Gasteiger partial charge in [0, 0.05) is 12.6 Å². The number of nitrogens with one attached hydrogen (secondary N) is 1. The standard InChI is InChI=1S/C18H23N3O3/c1-12(2)14-11-17(24-20-14)15-8-6-10-21(15)18(22)19-13-7-4-5-9-16(13)23-3/h4-5,7,9,11-12,15H,6,8,10H2,1-3H3,(H,19,22)/t15-/m0/s1. The maximum absolute atomic E-state index is 12.7. The quantitative estimate of drug-likeness (QED) is 0.914. The number of carbonyl (C=O) groups is 1. The van der Waals surface area contributed by atoms with Crippen molar-refractivity contribution in [3.63, 3.8) is 0 Å². The lowest BCUT2D eigenvalue weighted by molar-refractivity contribution is 0.195. The summed E-state index contributed by atoms with van der Waals surface area (Å²) in [5.74, 6) is 1.70. The molecular formula is C18H23N3O3. The van der Waals surface area contributed by atoms with Crippen LogP contribution in [0.5, 0.6) is 5.75 Å². The van der Waals surface area contributed by atoms with Gasteiger partial charge in [-0.05, 0) is 30.9 Å². The molecule has 0 saturated carbocycles. The van der Waals surface area contributed by atoms with Crippen LogP contribution in [0.4, 0.5) is 10.5 Å². The van der Waals surface area contributed by atoms with Gasteiger partial charge < -0.3 is 19.5 Å². The molecule has 1 aromatic heterocycles. The molecule has 2 aromatic rings. The normalized spacial score (nSPS) is 17.3. The van der Waals surface area contributed by atoms with E-state index in [1.807, 2.05) is 30.3 Å². The first kappa shape index (κ1) is 16.4. The van der Waals surface area contributed by atoms with Gasteiger partial charge in [0.15, 0.2) is 5.76 Å². The molecule has 24 heavy (non-hydrogen) atoms. The molecule has 0 unspecified atom stereocenters. The zero-order valence-corrected chi connectivity index (χ0v) is 14.3. The number of benzene rings is 1. The van der Waals surface area contributed by atoms with Crippen molar-refractivity contribution in [3.8, 4) is 5.75 Å². The van der Waals surface area contributed by atoms with E-state index in [0.29, 0.717) is 23.9 Å². The lowest BCUT2D eigenvalue weighted by atomic mass is 10.1. The van der Waals surface area contributed by atoms with Crippen LogP contribution < -0.4 is 10.1 Å². The van der Waals surface area contributed by atoms with Crippen LogP contribution in [0.1, 0.15) is 50.1 Å². The molecule has 2 amide bonds. The van der Waals surface area contributed by atoms with Crippen LogP contribution in [0, 0.1) is 0 Å². The number of likely N-dealkylation sites (tertiary alicyclic amines) is 1. The first-order chi connectivity index (χ1) is 11.6. The van der Waals surface area contributed by atoms with E-state index in [0.717, 1.165) is 24.3 Å². The van der Waals surface area contributed by atoms with Crippen molar-refractivity contribution in [3.05, 3.63) is 41.8 Å². The number of ether oxygens (including phenoxy) is 1. The Kier molecular flexibility index (Phi) is 4.74.